The lowest BCUT2D eigenvalue weighted by Crippen LogP contribution is -2.56. The molecule has 10 rings (SSSR count). The molecule has 5 atom stereocenters. The number of aliphatic hydroxyl groups is 1. The molecule has 4 aromatic carbocycles. The summed E-state index contributed by atoms with van der Waals surface area (Å²) in [6, 6.07) is 26.6. The maximum Gasteiger partial charge on any atom is 0.410 e. The van der Waals surface area contributed by atoms with Crippen molar-refractivity contribution in [2.24, 2.45) is 5.92 Å². The summed E-state index contributed by atoms with van der Waals surface area (Å²) in [5.41, 5.74) is 8.45. The number of hydrogen-bond donors (Lipinski definition) is 5. The molecule has 73 heavy (non-hydrogen) atoms. The second-order valence-corrected chi connectivity index (χ2v) is 20.7. The van der Waals surface area contributed by atoms with Crippen molar-refractivity contribution in [2.75, 3.05) is 40.4 Å². The van der Waals surface area contributed by atoms with E-state index in [0.717, 1.165) is 94.5 Å². The third-order valence-corrected chi connectivity index (χ3v) is 14.9. The lowest BCUT2D eigenvalue weighted by atomic mass is 9.88. The van der Waals surface area contributed by atoms with Gasteiger partial charge in [-0.3, -0.25) is 14.9 Å². The highest BCUT2D eigenvalue weighted by atomic mass is 16.6. The third kappa shape index (κ3) is 10.4. The van der Waals surface area contributed by atoms with Gasteiger partial charge in [-0.05, 0) is 123 Å². The molecular formula is C56H65N9O8. The van der Waals surface area contributed by atoms with Crippen molar-refractivity contribution in [1.82, 2.24) is 45.3 Å². The fourth-order valence-corrected chi connectivity index (χ4v) is 11.2. The zero-order valence-corrected chi connectivity index (χ0v) is 42.2. The van der Waals surface area contributed by atoms with Gasteiger partial charge in [0, 0.05) is 50.1 Å². The number of methoxy groups -OCH3 is 2. The average molecular weight is 992 g/mol. The molecular weight excluding hydrogens is 927 g/mol. The number of hydrogen-bond acceptors (Lipinski definition) is 11. The number of amides is 4. The summed E-state index contributed by atoms with van der Waals surface area (Å²) < 4.78 is 15.6. The van der Waals surface area contributed by atoms with E-state index in [1.165, 1.54) is 19.8 Å². The average Bonchev–Trinajstić information content (AvgIpc) is 4.26. The van der Waals surface area contributed by atoms with Crippen LogP contribution in [0, 0.1) is 5.92 Å². The highest BCUT2D eigenvalue weighted by Crippen LogP contribution is 2.40. The number of benzene rings is 4. The molecule has 3 saturated heterocycles. The fourth-order valence-electron chi connectivity index (χ4n) is 11.2. The normalized spacial score (nSPS) is 19.3. The smallest absolute Gasteiger partial charge is 0.410 e. The van der Waals surface area contributed by atoms with Gasteiger partial charge in [0.05, 0.1) is 42.8 Å². The zero-order valence-electron chi connectivity index (χ0n) is 42.2. The van der Waals surface area contributed by atoms with E-state index in [2.05, 4.69) is 75.2 Å². The standard InChI is InChI=1S/C56H65N9O8/c1-56(2,3)73-55(70)63-27-23-34(24-28-63)47(62-54(69)72-5)52(67)65-26-10-14-45(65)50-58-42-22-20-39-30-38(19-21-41(39)48(42)60-50)35-15-16-37-31-40(18-17-36(37)29-35)43-32-57-49(59-43)44-13-9-25-64(44)51(66)46(61-53(68)71-4)33-11-7-6-8-12-33/h6-8,11-12,15-19,21,29-32,34,44-47,54,62,69H,9-10,13-14,20,22-28H2,1-5H3,(H,57,59)(H,58,60)(H,61,68)/t44-,45-,46+,47-,54?/m0/s1. The predicted molar refractivity (Wildman–Crippen MR) is 275 cm³/mol. The number of likely N-dealkylation sites (tertiary alicyclic amines) is 3. The Morgan fingerprint density at radius 1 is 0.753 bits per heavy atom. The SMILES string of the molecule is COC(=O)N[C@@H](C(=O)N1CCC[C@H]1c1ncc(-c2ccc3cc(-c4ccc5c(c4)CCc4[nH]c([C@@H]6CCCN6C(=O)[C@@H](NC(O)OC)C6CCN(C(=O)OC(C)(C)C)CC6)nc4-5)ccc3c2)[nH]1)c1ccccc1. The Morgan fingerprint density at radius 3 is 2.11 bits per heavy atom. The summed E-state index contributed by atoms with van der Waals surface area (Å²) in [6.07, 6.45) is 5.42. The van der Waals surface area contributed by atoms with Crippen molar-refractivity contribution in [2.45, 2.75) is 108 Å². The van der Waals surface area contributed by atoms with Crippen molar-refractivity contribution in [3.63, 3.8) is 0 Å². The number of aryl methyl sites for hydroxylation is 2. The van der Waals surface area contributed by atoms with Crippen LogP contribution in [0.3, 0.4) is 0 Å². The minimum absolute atomic E-state index is 0.109. The van der Waals surface area contributed by atoms with Crippen LogP contribution in [0.1, 0.15) is 106 Å². The van der Waals surface area contributed by atoms with Crippen LogP contribution >= 0.6 is 0 Å². The monoisotopic (exact) mass is 991 g/mol. The summed E-state index contributed by atoms with van der Waals surface area (Å²) >= 11 is 0. The minimum atomic E-state index is -1.32. The minimum Gasteiger partial charge on any atom is -0.453 e. The number of aliphatic hydroxyl groups excluding tert-OH is 1. The number of nitrogens with one attached hydrogen (secondary N) is 4. The number of fused-ring (bicyclic) bond motifs is 4. The Kier molecular flexibility index (Phi) is 14.1. The molecule has 6 aromatic rings. The molecule has 5 N–H and O–H groups in total. The highest BCUT2D eigenvalue weighted by molar-refractivity contribution is 5.91. The van der Waals surface area contributed by atoms with Crippen LogP contribution in [-0.4, -0.2) is 122 Å². The largest absolute Gasteiger partial charge is 0.453 e. The quantitative estimate of drug-likeness (QED) is 0.0737. The number of carbonyl (C=O) groups excluding carboxylic acids is 4. The van der Waals surface area contributed by atoms with E-state index in [4.69, 9.17) is 24.2 Å². The van der Waals surface area contributed by atoms with Crippen LogP contribution < -0.4 is 10.6 Å². The van der Waals surface area contributed by atoms with E-state index in [-0.39, 0.29) is 35.9 Å². The Morgan fingerprint density at radius 2 is 1.41 bits per heavy atom. The lowest BCUT2D eigenvalue weighted by Gasteiger charge is -2.38. The number of aromatic nitrogens is 4. The van der Waals surface area contributed by atoms with Gasteiger partial charge < -0.3 is 49.3 Å². The maximum atomic E-state index is 14.5. The van der Waals surface area contributed by atoms with Crippen LogP contribution in [0.2, 0.25) is 0 Å². The molecule has 4 amide bonds. The molecule has 17 nitrogen and oxygen atoms in total. The number of piperidine rings is 1. The predicted octanol–water partition coefficient (Wildman–Crippen LogP) is 8.34. The van der Waals surface area contributed by atoms with E-state index in [1.54, 1.807) is 9.80 Å². The summed E-state index contributed by atoms with van der Waals surface area (Å²) in [7, 11) is 2.68. The molecule has 1 unspecified atom stereocenters. The molecule has 17 heteroatoms. The van der Waals surface area contributed by atoms with Crippen LogP contribution in [0.25, 0.3) is 44.4 Å². The number of imidazole rings is 2. The number of rotatable bonds is 12. The van der Waals surface area contributed by atoms with Crippen molar-refractivity contribution in [3.8, 4) is 33.6 Å². The molecule has 1 aliphatic carbocycles. The van der Waals surface area contributed by atoms with Crippen molar-refractivity contribution in [3.05, 3.63) is 120 Å². The topological polar surface area (TPSA) is 207 Å². The van der Waals surface area contributed by atoms with Gasteiger partial charge in [0.25, 0.3) is 5.91 Å². The van der Waals surface area contributed by atoms with E-state index >= 15 is 0 Å². The molecule has 3 fully saturated rings. The summed E-state index contributed by atoms with van der Waals surface area (Å²) in [4.78, 5) is 76.2. The van der Waals surface area contributed by atoms with Gasteiger partial charge in [-0.2, -0.15) is 0 Å². The first-order chi connectivity index (χ1) is 35.2. The molecule has 0 radical (unpaired) electrons. The Hall–Kier alpha value is -7.08. The van der Waals surface area contributed by atoms with Crippen LogP contribution in [-0.2, 0) is 36.6 Å². The highest BCUT2D eigenvalue weighted by Gasteiger charge is 2.42. The number of aromatic amines is 2. The van der Waals surface area contributed by atoms with Gasteiger partial charge in [-0.15, -0.1) is 0 Å². The van der Waals surface area contributed by atoms with Crippen molar-refractivity contribution in [1.29, 1.82) is 0 Å². The van der Waals surface area contributed by atoms with Crippen molar-refractivity contribution >= 4 is 34.8 Å². The van der Waals surface area contributed by atoms with Gasteiger partial charge in [-0.1, -0.05) is 72.8 Å². The number of carbonyl (C=O) groups is 4. The van der Waals surface area contributed by atoms with Crippen molar-refractivity contribution < 1.29 is 38.5 Å². The lowest BCUT2D eigenvalue weighted by molar-refractivity contribution is -0.146. The molecule has 3 aliphatic heterocycles. The maximum absolute atomic E-state index is 14.5. The zero-order chi connectivity index (χ0) is 51.0. The van der Waals surface area contributed by atoms with Crippen LogP contribution in [0.5, 0.6) is 0 Å². The van der Waals surface area contributed by atoms with E-state index in [9.17, 15) is 24.3 Å². The first-order valence-electron chi connectivity index (χ1n) is 25.5. The summed E-state index contributed by atoms with van der Waals surface area (Å²) in [5.74, 6) is 1.03. The second-order valence-electron chi connectivity index (χ2n) is 20.7. The molecule has 0 spiro atoms. The Bertz CT molecular complexity index is 2990. The van der Waals surface area contributed by atoms with Gasteiger partial charge in [-0.25, -0.2) is 19.6 Å². The molecule has 2 aromatic heterocycles. The number of ether oxygens (including phenoxy) is 3. The van der Waals surface area contributed by atoms with Gasteiger partial charge in [0.15, 0.2) is 0 Å². The summed E-state index contributed by atoms with van der Waals surface area (Å²) in [6.45, 7) is 7.56. The van der Waals surface area contributed by atoms with Crippen LogP contribution in [0.4, 0.5) is 9.59 Å². The second kappa shape index (κ2) is 20.8. The number of H-pyrrole nitrogens is 2. The van der Waals surface area contributed by atoms with E-state index < -0.39 is 30.2 Å². The van der Waals surface area contributed by atoms with Gasteiger partial charge in [0.1, 0.15) is 23.3 Å². The first kappa shape index (κ1) is 49.5. The Balaban J connectivity index is 0.820. The fraction of sp³-hybridized carbons (Fsp3) is 0.429. The van der Waals surface area contributed by atoms with E-state index in [1.807, 2.05) is 62.2 Å². The number of nitrogens with zero attached hydrogens (tertiary/aromatic N) is 5. The number of alkyl carbamates (subject to hydrolysis) is 1. The van der Waals surface area contributed by atoms with Crippen LogP contribution in [0.15, 0.2) is 91.1 Å². The summed E-state index contributed by atoms with van der Waals surface area (Å²) in [5, 5.41) is 18.5. The molecule has 4 aliphatic rings. The van der Waals surface area contributed by atoms with Gasteiger partial charge >= 0.3 is 12.2 Å². The molecule has 5 heterocycles. The first-order valence-corrected chi connectivity index (χ1v) is 25.5. The Labute approximate surface area is 425 Å². The molecule has 0 bridgehead atoms. The molecule has 0 saturated carbocycles. The third-order valence-electron chi connectivity index (χ3n) is 14.9. The van der Waals surface area contributed by atoms with E-state index in [0.29, 0.717) is 50.4 Å². The molecule has 382 valence electrons. The van der Waals surface area contributed by atoms with Gasteiger partial charge in [0.2, 0.25) is 12.3 Å².